The van der Waals surface area contributed by atoms with Gasteiger partial charge in [-0.1, -0.05) is 29.5 Å². The summed E-state index contributed by atoms with van der Waals surface area (Å²) in [6.45, 7) is 0.167. The van der Waals surface area contributed by atoms with E-state index in [1.54, 1.807) is 30.0 Å². The van der Waals surface area contributed by atoms with Gasteiger partial charge in [0.25, 0.3) is 5.56 Å². The topological polar surface area (TPSA) is 94.7 Å². The second-order valence-corrected chi connectivity index (χ2v) is 8.29. The number of benzene rings is 2. The minimum Gasteiger partial charge on any atom is -0.346 e. The minimum atomic E-state index is -0.243. The second-order valence-electron chi connectivity index (χ2n) is 7.30. The summed E-state index contributed by atoms with van der Waals surface area (Å²) in [6, 6.07) is 14.8. The van der Waals surface area contributed by atoms with Crippen LogP contribution in [0.5, 0.6) is 0 Å². The summed E-state index contributed by atoms with van der Waals surface area (Å²) in [7, 11) is 1.97. The molecule has 2 heterocycles. The van der Waals surface area contributed by atoms with Crippen molar-refractivity contribution in [1.29, 1.82) is 0 Å². The number of hydrogen-bond donors (Lipinski definition) is 1. The van der Waals surface area contributed by atoms with Crippen LogP contribution in [0.3, 0.4) is 0 Å². The first-order valence-corrected chi connectivity index (χ1v) is 11.5. The van der Waals surface area contributed by atoms with Crippen LogP contribution in [-0.2, 0) is 18.4 Å². The van der Waals surface area contributed by atoms with Gasteiger partial charge in [0.1, 0.15) is 11.3 Å². The number of nitrogens with zero attached hydrogens (tertiary/aromatic N) is 5. The maximum Gasteiger partial charge on any atom is 0.277 e. The fourth-order valence-electron chi connectivity index (χ4n) is 3.62. The number of rotatable bonds is 8. The van der Waals surface area contributed by atoms with E-state index in [1.165, 1.54) is 4.68 Å². The Balaban J connectivity index is 1.50. The fourth-order valence-corrected chi connectivity index (χ4v) is 4.09. The van der Waals surface area contributed by atoms with E-state index < -0.39 is 0 Å². The summed E-state index contributed by atoms with van der Waals surface area (Å²) < 4.78 is 3.27. The van der Waals surface area contributed by atoms with E-state index in [9.17, 15) is 9.59 Å². The van der Waals surface area contributed by atoms with Gasteiger partial charge >= 0.3 is 0 Å². The van der Waals surface area contributed by atoms with Crippen molar-refractivity contribution in [1.82, 2.24) is 29.9 Å². The Bertz CT molecular complexity index is 1280. The van der Waals surface area contributed by atoms with E-state index in [0.717, 1.165) is 29.0 Å². The molecule has 9 heteroatoms. The SMILES string of the molecule is CSCCC(NC(=O)CCn1nnc2ccccc2c1=O)c1nc2ccccc2n1C. The number of imidazole rings is 1. The fraction of sp³-hybridized carbons (Fsp3) is 0.318. The highest BCUT2D eigenvalue weighted by Crippen LogP contribution is 2.23. The molecule has 1 atom stereocenters. The van der Waals surface area contributed by atoms with Crippen LogP contribution in [0.25, 0.3) is 21.9 Å². The molecule has 0 bridgehead atoms. The number of carbonyl (C=O) groups is 1. The van der Waals surface area contributed by atoms with Crippen molar-refractivity contribution in [2.75, 3.05) is 12.0 Å². The normalized spacial score (nSPS) is 12.3. The number of hydrogen-bond acceptors (Lipinski definition) is 6. The summed E-state index contributed by atoms with van der Waals surface area (Å²) in [6.07, 6.45) is 2.94. The van der Waals surface area contributed by atoms with Gasteiger partial charge in [-0.15, -0.1) is 5.10 Å². The van der Waals surface area contributed by atoms with Crippen molar-refractivity contribution >= 4 is 39.6 Å². The number of aromatic nitrogens is 5. The van der Waals surface area contributed by atoms with Crippen molar-refractivity contribution in [2.45, 2.75) is 25.4 Å². The van der Waals surface area contributed by atoms with Crippen LogP contribution < -0.4 is 10.9 Å². The summed E-state index contributed by atoms with van der Waals surface area (Å²) in [5, 5.41) is 11.6. The van der Waals surface area contributed by atoms with Gasteiger partial charge in [0.05, 0.1) is 29.0 Å². The maximum absolute atomic E-state index is 12.7. The lowest BCUT2D eigenvalue weighted by Crippen LogP contribution is -2.33. The number of carbonyl (C=O) groups excluding carboxylic acids is 1. The highest BCUT2D eigenvalue weighted by Gasteiger charge is 2.20. The zero-order valence-electron chi connectivity index (χ0n) is 17.5. The monoisotopic (exact) mass is 436 g/mol. The van der Waals surface area contributed by atoms with Gasteiger partial charge in [0, 0.05) is 13.5 Å². The predicted molar refractivity (Wildman–Crippen MR) is 123 cm³/mol. The lowest BCUT2D eigenvalue weighted by Gasteiger charge is -2.18. The van der Waals surface area contributed by atoms with Crippen molar-refractivity contribution < 1.29 is 4.79 Å². The van der Waals surface area contributed by atoms with Crippen LogP contribution in [0.4, 0.5) is 0 Å². The molecular weight excluding hydrogens is 412 g/mol. The van der Waals surface area contributed by atoms with E-state index >= 15 is 0 Å². The third-order valence-corrected chi connectivity index (χ3v) is 5.90. The predicted octanol–water partition coefficient (Wildman–Crippen LogP) is 2.68. The van der Waals surface area contributed by atoms with Crippen LogP contribution in [0.1, 0.15) is 24.7 Å². The molecule has 8 nitrogen and oxygen atoms in total. The second kappa shape index (κ2) is 9.30. The first-order chi connectivity index (χ1) is 15.1. The summed E-state index contributed by atoms with van der Waals surface area (Å²) in [4.78, 5) is 30.1. The summed E-state index contributed by atoms with van der Waals surface area (Å²) in [5.74, 6) is 1.57. The number of fused-ring (bicyclic) bond motifs is 2. The zero-order chi connectivity index (χ0) is 21.8. The molecular formula is C22H24N6O2S. The number of aryl methyl sites for hydroxylation is 2. The van der Waals surface area contributed by atoms with Gasteiger partial charge in [-0.05, 0) is 42.7 Å². The molecule has 160 valence electrons. The molecule has 0 aliphatic heterocycles. The van der Waals surface area contributed by atoms with Crippen LogP contribution >= 0.6 is 11.8 Å². The van der Waals surface area contributed by atoms with Gasteiger partial charge in [0.15, 0.2) is 0 Å². The molecule has 2 aromatic carbocycles. The van der Waals surface area contributed by atoms with Crippen molar-refractivity contribution in [3.63, 3.8) is 0 Å². The maximum atomic E-state index is 12.7. The first kappa shape index (κ1) is 21.0. The lowest BCUT2D eigenvalue weighted by molar-refractivity contribution is -0.122. The van der Waals surface area contributed by atoms with E-state index in [-0.39, 0.29) is 30.5 Å². The van der Waals surface area contributed by atoms with Gasteiger partial charge in [-0.3, -0.25) is 9.59 Å². The number of nitrogens with one attached hydrogen (secondary N) is 1. The van der Waals surface area contributed by atoms with E-state index in [2.05, 4.69) is 15.6 Å². The molecule has 0 fully saturated rings. The highest BCUT2D eigenvalue weighted by molar-refractivity contribution is 7.98. The number of amides is 1. The molecule has 0 spiro atoms. The smallest absolute Gasteiger partial charge is 0.277 e. The Morgan fingerprint density at radius 2 is 1.87 bits per heavy atom. The molecule has 0 aliphatic carbocycles. The molecule has 0 radical (unpaired) electrons. The Morgan fingerprint density at radius 3 is 2.65 bits per heavy atom. The third kappa shape index (κ3) is 4.46. The van der Waals surface area contributed by atoms with Crippen molar-refractivity contribution in [2.24, 2.45) is 7.05 Å². The highest BCUT2D eigenvalue weighted by atomic mass is 32.2. The molecule has 0 saturated carbocycles. The minimum absolute atomic E-state index is 0.132. The Hall–Kier alpha value is -3.20. The largest absolute Gasteiger partial charge is 0.346 e. The van der Waals surface area contributed by atoms with Crippen molar-refractivity contribution in [3.05, 3.63) is 64.7 Å². The quantitative estimate of drug-likeness (QED) is 0.456. The lowest BCUT2D eigenvalue weighted by atomic mass is 10.2. The Labute approximate surface area is 183 Å². The van der Waals surface area contributed by atoms with E-state index in [0.29, 0.717) is 10.9 Å². The van der Waals surface area contributed by atoms with Crippen LogP contribution in [0.15, 0.2) is 53.3 Å². The molecule has 4 rings (SSSR count). The van der Waals surface area contributed by atoms with Crippen molar-refractivity contribution in [3.8, 4) is 0 Å². The molecule has 2 aromatic heterocycles. The zero-order valence-corrected chi connectivity index (χ0v) is 18.3. The summed E-state index contributed by atoms with van der Waals surface area (Å²) >= 11 is 1.73. The average Bonchev–Trinajstić information content (AvgIpc) is 3.13. The first-order valence-electron chi connectivity index (χ1n) is 10.1. The number of para-hydroxylation sites is 2. The van der Waals surface area contributed by atoms with E-state index in [1.807, 2.05) is 48.2 Å². The Morgan fingerprint density at radius 1 is 1.13 bits per heavy atom. The van der Waals surface area contributed by atoms with Crippen LogP contribution in [0.2, 0.25) is 0 Å². The average molecular weight is 437 g/mol. The van der Waals surface area contributed by atoms with E-state index in [4.69, 9.17) is 4.98 Å². The molecule has 1 unspecified atom stereocenters. The molecule has 0 aliphatic rings. The van der Waals surface area contributed by atoms with Crippen LogP contribution in [0, 0.1) is 0 Å². The molecule has 0 saturated heterocycles. The standard InChI is InChI=1S/C22H24N6O2S/c1-27-19-10-6-5-9-17(19)24-21(27)18(12-14-31-2)23-20(29)11-13-28-22(30)15-7-3-4-8-16(15)25-26-28/h3-10,18H,11-14H2,1-2H3,(H,23,29). The molecule has 31 heavy (non-hydrogen) atoms. The third-order valence-electron chi connectivity index (χ3n) is 5.26. The Kier molecular flexibility index (Phi) is 6.31. The van der Waals surface area contributed by atoms with Gasteiger partial charge in [-0.25, -0.2) is 9.67 Å². The molecule has 1 amide bonds. The van der Waals surface area contributed by atoms with Gasteiger partial charge in [-0.2, -0.15) is 11.8 Å². The van der Waals surface area contributed by atoms with Crippen LogP contribution in [-0.4, -0.2) is 42.5 Å². The molecule has 4 aromatic rings. The summed E-state index contributed by atoms with van der Waals surface area (Å²) in [5.41, 5.74) is 2.24. The van der Waals surface area contributed by atoms with Gasteiger partial charge < -0.3 is 9.88 Å². The number of thioether (sulfide) groups is 1. The molecule has 1 N–H and O–H groups in total. The van der Waals surface area contributed by atoms with Gasteiger partial charge in [0.2, 0.25) is 5.91 Å².